The zero-order valence-corrected chi connectivity index (χ0v) is 9.58. The van der Waals surface area contributed by atoms with E-state index in [4.69, 9.17) is 9.84 Å². The number of aliphatic carboxylic acids is 1. The van der Waals surface area contributed by atoms with Crippen molar-refractivity contribution in [2.24, 2.45) is 0 Å². The van der Waals surface area contributed by atoms with Crippen molar-refractivity contribution in [2.45, 2.75) is 51.2 Å². The van der Waals surface area contributed by atoms with Gasteiger partial charge in [-0.25, -0.2) is 4.79 Å². The smallest absolute Gasteiger partial charge is 0.335 e. The molecule has 0 bridgehead atoms. The molecule has 15 heavy (non-hydrogen) atoms. The molecule has 0 aliphatic carbocycles. The SMILES string of the molecule is CC(C)(OCCC1CCCCN1)C(=O)O. The number of hydrogen-bond acceptors (Lipinski definition) is 3. The Labute approximate surface area is 91.0 Å². The van der Waals surface area contributed by atoms with Crippen molar-refractivity contribution in [1.29, 1.82) is 0 Å². The molecule has 0 saturated carbocycles. The van der Waals surface area contributed by atoms with Gasteiger partial charge in [0.1, 0.15) is 0 Å². The second-order valence-corrected chi connectivity index (χ2v) is 4.60. The fraction of sp³-hybridized carbons (Fsp3) is 0.909. The molecule has 0 amide bonds. The van der Waals surface area contributed by atoms with Crippen molar-refractivity contribution in [3.8, 4) is 0 Å². The van der Waals surface area contributed by atoms with Crippen molar-refractivity contribution >= 4 is 5.97 Å². The number of carbonyl (C=O) groups is 1. The monoisotopic (exact) mass is 215 g/mol. The van der Waals surface area contributed by atoms with Crippen LogP contribution in [-0.4, -0.2) is 35.9 Å². The van der Waals surface area contributed by atoms with Crippen molar-refractivity contribution in [1.82, 2.24) is 5.32 Å². The minimum Gasteiger partial charge on any atom is -0.479 e. The summed E-state index contributed by atoms with van der Waals surface area (Å²) in [5.41, 5.74) is -1.06. The molecule has 1 fully saturated rings. The molecule has 4 nitrogen and oxygen atoms in total. The van der Waals surface area contributed by atoms with Crippen LogP contribution in [0.1, 0.15) is 39.5 Å². The molecule has 0 aromatic carbocycles. The number of nitrogens with one attached hydrogen (secondary N) is 1. The van der Waals surface area contributed by atoms with Gasteiger partial charge >= 0.3 is 5.97 Å². The Morgan fingerprint density at radius 2 is 2.27 bits per heavy atom. The molecule has 1 saturated heterocycles. The Morgan fingerprint density at radius 3 is 2.80 bits per heavy atom. The first-order chi connectivity index (χ1) is 7.02. The van der Waals surface area contributed by atoms with Crippen LogP contribution >= 0.6 is 0 Å². The first kappa shape index (κ1) is 12.5. The van der Waals surface area contributed by atoms with Crippen molar-refractivity contribution < 1.29 is 14.6 Å². The van der Waals surface area contributed by atoms with Crippen molar-refractivity contribution in [2.75, 3.05) is 13.2 Å². The van der Waals surface area contributed by atoms with Gasteiger partial charge in [0.15, 0.2) is 5.60 Å². The average Bonchev–Trinajstić information content (AvgIpc) is 2.19. The summed E-state index contributed by atoms with van der Waals surface area (Å²) in [6.45, 7) is 4.76. The van der Waals surface area contributed by atoms with Gasteiger partial charge in [0.2, 0.25) is 0 Å². The highest BCUT2D eigenvalue weighted by Gasteiger charge is 2.28. The van der Waals surface area contributed by atoms with Gasteiger partial charge in [-0.05, 0) is 39.7 Å². The first-order valence-corrected chi connectivity index (χ1v) is 5.63. The highest BCUT2D eigenvalue weighted by molar-refractivity contribution is 5.76. The third-order valence-corrected chi connectivity index (χ3v) is 2.86. The maximum Gasteiger partial charge on any atom is 0.335 e. The van der Waals surface area contributed by atoms with Gasteiger partial charge in [-0.15, -0.1) is 0 Å². The van der Waals surface area contributed by atoms with E-state index in [9.17, 15) is 4.79 Å². The van der Waals surface area contributed by atoms with Gasteiger partial charge in [0, 0.05) is 12.6 Å². The van der Waals surface area contributed by atoms with Gasteiger partial charge < -0.3 is 15.2 Å². The summed E-state index contributed by atoms with van der Waals surface area (Å²) in [5, 5.41) is 12.2. The molecule has 1 rings (SSSR count). The molecule has 1 atom stereocenters. The van der Waals surface area contributed by atoms with Crippen LogP contribution < -0.4 is 5.32 Å². The summed E-state index contributed by atoms with van der Waals surface area (Å²) in [5.74, 6) is -0.904. The second kappa shape index (κ2) is 5.47. The van der Waals surface area contributed by atoms with E-state index in [2.05, 4.69) is 5.32 Å². The minimum atomic E-state index is -1.06. The van der Waals surface area contributed by atoms with Crippen LogP contribution in [0.3, 0.4) is 0 Å². The van der Waals surface area contributed by atoms with E-state index in [-0.39, 0.29) is 0 Å². The van der Waals surface area contributed by atoms with Crippen LogP contribution in [0.2, 0.25) is 0 Å². The lowest BCUT2D eigenvalue weighted by molar-refractivity contribution is -0.161. The number of piperidine rings is 1. The summed E-state index contributed by atoms with van der Waals surface area (Å²) in [6, 6.07) is 0.503. The second-order valence-electron chi connectivity index (χ2n) is 4.60. The normalized spacial score (nSPS) is 22.7. The van der Waals surface area contributed by atoms with Gasteiger partial charge in [0.25, 0.3) is 0 Å². The lowest BCUT2D eigenvalue weighted by Gasteiger charge is -2.25. The molecule has 0 radical (unpaired) electrons. The van der Waals surface area contributed by atoms with Crippen LogP contribution in [0.4, 0.5) is 0 Å². The molecule has 4 heteroatoms. The molecular weight excluding hydrogens is 194 g/mol. The maximum atomic E-state index is 10.8. The molecule has 2 N–H and O–H groups in total. The Kier molecular flexibility index (Phi) is 4.54. The molecule has 0 aromatic rings. The van der Waals surface area contributed by atoms with Gasteiger partial charge in [0.05, 0.1) is 0 Å². The average molecular weight is 215 g/mol. The summed E-state index contributed by atoms with van der Waals surface area (Å²) in [6.07, 6.45) is 4.59. The van der Waals surface area contributed by atoms with E-state index in [1.807, 2.05) is 0 Å². The first-order valence-electron chi connectivity index (χ1n) is 5.63. The summed E-state index contributed by atoms with van der Waals surface area (Å²) in [7, 11) is 0. The molecule has 1 aliphatic heterocycles. The predicted molar refractivity (Wildman–Crippen MR) is 57.9 cm³/mol. The fourth-order valence-electron chi connectivity index (χ4n) is 1.69. The number of carboxylic acid groups (broad SMARTS) is 1. The Balaban J connectivity index is 2.17. The quantitative estimate of drug-likeness (QED) is 0.727. The van der Waals surface area contributed by atoms with E-state index >= 15 is 0 Å². The van der Waals surface area contributed by atoms with E-state index in [1.165, 1.54) is 19.3 Å². The van der Waals surface area contributed by atoms with E-state index in [0.29, 0.717) is 12.6 Å². The van der Waals surface area contributed by atoms with E-state index < -0.39 is 11.6 Å². The predicted octanol–water partition coefficient (Wildman–Crippen LogP) is 1.40. The van der Waals surface area contributed by atoms with Gasteiger partial charge in [-0.2, -0.15) is 0 Å². The topological polar surface area (TPSA) is 58.6 Å². The minimum absolute atomic E-state index is 0.503. The van der Waals surface area contributed by atoms with Gasteiger partial charge in [-0.3, -0.25) is 0 Å². The third-order valence-electron chi connectivity index (χ3n) is 2.86. The van der Waals surface area contributed by atoms with Crippen LogP contribution in [0.15, 0.2) is 0 Å². The number of hydrogen-bond donors (Lipinski definition) is 2. The van der Waals surface area contributed by atoms with Crippen LogP contribution in [0.5, 0.6) is 0 Å². The summed E-state index contributed by atoms with van der Waals surface area (Å²) in [4.78, 5) is 10.8. The zero-order chi connectivity index (χ0) is 11.3. The van der Waals surface area contributed by atoms with Crippen molar-refractivity contribution in [3.05, 3.63) is 0 Å². The number of carboxylic acids is 1. The largest absolute Gasteiger partial charge is 0.479 e. The highest BCUT2D eigenvalue weighted by atomic mass is 16.5. The molecule has 1 aliphatic rings. The number of ether oxygens (including phenoxy) is 1. The van der Waals surface area contributed by atoms with Crippen LogP contribution in [0.25, 0.3) is 0 Å². The fourth-order valence-corrected chi connectivity index (χ4v) is 1.69. The molecule has 88 valence electrons. The van der Waals surface area contributed by atoms with Crippen molar-refractivity contribution in [3.63, 3.8) is 0 Å². The third kappa shape index (κ3) is 4.18. The molecule has 1 heterocycles. The van der Waals surface area contributed by atoms with Gasteiger partial charge in [-0.1, -0.05) is 6.42 Å². The Morgan fingerprint density at radius 1 is 1.53 bits per heavy atom. The molecule has 1 unspecified atom stereocenters. The van der Waals surface area contributed by atoms with Crippen LogP contribution in [-0.2, 0) is 9.53 Å². The highest BCUT2D eigenvalue weighted by Crippen LogP contribution is 2.13. The Hall–Kier alpha value is -0.610. The van der Waals surface area contributed by atoms with Crippen LogP contribution in [0, 0.1) is 0 Å². The zero-order valence-electron chi connectivity index (χ0n) is 9.58. The summed E-state index contributed by atoms with van der Waals surface area (Å²) < 4.78 is 5.35. The molecule has 0 aromatic heterocycles. The number of rotatable bonds is 5. The molecule has 0 spiro atoms. The Bertz CT molecular complexity index is 210. The maximum absolute atomic E-state index is 10.8. The molecular formula is C11H21NO3. The lowest BCUT2D eigenvalue weighted by atomic mass is 10.0. The van der Waals surface area contributed by atoms with E-state index in [1.54, 1.807) is 13.8 Å². The van der Waals surface area contributed by atoms with E-state index in [0.717, 1.165) is 13.0 Å². The summed E-state index contributed by atoms with van der Waals surface area (Å²) >= 11 is 0. The standard InChI is InChI=1S/C11H21NO3/c1-11(2,10(13)14)15-8-6-9-5-3-4-7-12-9/h9,12H,3-8H2,1-2H3,(H,13,14). The lowest BCUT2D eigenvalue weighted by Crippen LogP contribution is -2.38.